The van der Waals surface area contributed by atoms with E-state index in [-0.39, 0.29) is 18.0 Å². The van der Waals surface area contributed by atoms with Crippen LogP contribution in [0.1, 0.15) is 44.7 Å². The number of nitrogens with zero attached hydrogens (tertiary/aromatic N) is 4. The SMILES string of the molecule is Cc1cc(Cc2ccccc2Cl)cc(C2CN(C(=O)c3cnc(N)nc3C)CCO2)n1. The highest BCUT2D eigenvalue weighted by atomic mass is 35.5. The standard InChI is InChI=1S/C23H24ClN5O2/c1-14-9-16(10-17-5-3-4-6-19(17)24)11-20(27-14)21-13-29(7-8-31-21)22(30)18-12-26-23(25)28-15(18)2/h3-6,9,11-12,21H,7-8,10,13H2,1-2H3,(H2,25,26,28). The highest BCUT2D eigenvalue weighted by molar-refractivity contribution is 6.31. The van der Waals surface area contributed by atoms with Crippen molar-refractivity contribution in [3.05, 3.63) is 81.4 Å². The van der Waals surface area contributed by atoms with Crippen LogP contribution in [0.25, 0.3) is 0 Å². The largest absolute Gasteiger partial charge is 0.368 e. The summed E-state index contributed by atoms with van der Waals surface area (Å²) < 4.78 is 5.98. The Kier molecular flexibility index (Phi) is 6.15. The van der Waals surface area contributed by atoms with Gasteiger partial charge >= 0.3 is 0 Å². The normalized spacial score (nSPS) is 16.4. The fraction of sp³-hybridized carbons (Fsp3) is 0.304. The molecule has 1 aliphatic rings. The van der Waals surface area contributed by atoms with Crippen molar-refractivity contribution in [2.45, 2.75) is 26.4 Å². The molecule has 1 aromatic carbocycles. The number of amides is 1. The van der Waals surface area contributed by atoms with E-state index in [9.17, 15) is 4.79 Å². The van der Waals surface area contributed by atoms with E-state index in [2.05, 4.69) is 15.0 Å². The Bertz CT molecular complexity index is 1120. The number of benzene rings is 1. The van der Waals surface area contributed by atoms with E-state index in [4.69, 9.17) is 22.1 Å². The Labute approximate surface area is 186 Å². The number of carbonyl (C=O) groups excluding carboxylic acids is 1. The monoisotopic (exact) mass is 437 g/mol. The van der Waals surface area contributed by atoms with Crippen LogP contribution in [0.4, 0.5) is 5.95 Å². The van der Waals surface area contributed by atoms with Gasteiger partial charge in [-0.2, -0.15) is 0 Å². The number of carbonyl (C=O) groups is 1. The molecule has 3 aromatic rings. The smallest absolute Gasteiger partial charge is 0.257 e. The average Bonchev–Trinajstić information content (AvgIpc) is 2.75. The number of pyridine rings is 1. The Morgan fingerprint density at radius 3 is 2.84 bits per heavy atom. The van der Waals surface area contributed by atoms with Crippen molar-refractivity contribution < 1.29 is 9.53 Å². The second kappa shape index (κ2) is 8.99. The summed E-state index contributed by atoms with van der Waals surface area (Å²) in [5.41, 5.74) is 10.5. The van der Waals surface area contributed by atoms with Gasteiger partial charge < -0.3 is 15.4 Å². The quantitative estimate of drug-likeness (QED) is 0.671. The van der Waals surface area contributed by atoms with E-state index >= 15 is 0 Å². The molecule has 1 saturated heterocycles. The number of aryl methyl sites for hydroxylation is 2. The molecule has 2 N–H and O–H groups in total. The van der Waals surface area contributed by atoms with Crippen LogP contribution in [-0.4, -0.2) is 45.5 Å². The van der Waals surface area contributed by atoms with Gasteiger partial charge in [-0.05, 0) is 49.6 Å². The van der Waals surface area contributed by atoms with Gasteiger partial charge in [-0.3, -0.25) is 9.78 Å². The summed E-state index contributed by atoms with van der Waals surface area (Å²) in [6, 6.07) is 11.9. The molecule has 0 radical (unpaired) electrons. The summed E-state index contributed by atoms with van der Waals surface area (Å²) in [5.74, 6) is 0.0265. The lowest BCUT2D eigenvalue weighted by atomic mass is 10.0. The van der Waals surface area contributed by atoms with E-state index in [1.165, 1.54) is 6.20 Å². The minimum absolute atomic E-state index is 0.130. The first-order chi connectivity index (χ1) is 14.9. The summed E-state index contributed by atoms with van der Waals surface area (Å²) in [6.07, 6.45) is 1.88. The van der Waals surface area contributed by atoms with E-state index in [0.29, 0.717) is 37.4 Å². The van der Waals surface area contributed by atoms with Crippen molar-refractivity contribution in [1.82, 2.24) is 19.9 Å². The number of morpholine rings is 1. The molecule has 0 spiro atoms. The summed E-state index contributed by atoms with van der Waals surface area (Å²) in [4.78, 5) is 27.5. The van der Waals surface area contributed by atoms with Crippen molar-refractivity contribution >= 4 is 23.5 Å². The maximum absolute atomic E-state index is 13.0. The van der Waals surface area contributed by atoms with Crippen LogP contribution in [0.3, 0.4) is 0 Å². The zero-order valence-electron chi connectivity index (χ0n) is 17.5. The van der Waals surface area contributed by atoms with Gasteiger partial charge in [0, 0.05) is 23.5 Å². The molecule has 0 saturated carbocycles. The summed E-state index contributed by atoms with van der Waals surface area (Å²) in [6.45, 7) is 5.05. The lowest BCUT2D eigenvalue weighted by Crippen LogP contribution is -2.42. The molecule has 1 unspecified atom stereocenters. The minimum atomic E-state index is -0.308. The third-order valence-corrected chi connectivity index (χ3v) is 5.67. The van der Waals surface area contributed by atoms with Gasteiger partial charge in [0.05, 0.1) is 30.1 Å². The molecule has 160 valence electrons. The Balaban J connectivity index is 1.55. The van der Waals surface area contributed by atoms with E-state index in [0.717, 1.165) is 27.5 Å². The van der Waals surface area contributed by atoms with Crippen molar-refractivity contribution in [1.29, 1.82) is 0 Å². The molecule has 31 heavy (non-hydrogen) atoms. The Morgan fingerprint density at radius 1 is 1.26 bits per heavy atom. The van der Waals surface area contributed by atoms with Crippen LogP contribution in [0.15, 0.2) is 42.6 Å². The van der Waals surface area contributed by atoms with Gasteiger partial charge in [0.2, 0.25) is 5.95 Å². The summed E-state index contributed by atoms with van der Waals surface area (Å²) in [7, 11) is 0. The van der Waals surface area contributed by atoms with Gasteiger partial charge in [-0.1, -0.05) is 29.8 Å². The van der Waals surface area contributed by atoms with Crippen LogP contribution in [0, 0.1) is 13.8 Å². The van der Waals surface area contributed by atoms with E-state index in [1.807, 2.05) is 43.3 Å². The third kappa shape index (κ3) is 4.84. The van der Waals surface area contributed by atoms with Crippen molar-refractivity contribution in [3.8, 4) is 0 Å². The molecule has 2 aromatic heterocycles. The van der Waals surface area contributed by atoms with Crippen LogP contribution >= 0.6 is 11.6 Å². The number of ether oxygens (including phenoxy) is 1. The molecule has 3 heterocycles. The molecule has 7 nitrogen and oxygen atoms in total. The van der Waals surface area contributed by atoms with Crippen molar-refractivity contribution in [2.24, 2.45) is 0 Å². The predicted octanol–water partition coefficient (Wildman–Crippen LogP) is 3.53. The number of nitrogen functional groups attached to an aromatic ring is 1. The molecular formula is C23H24ClN5O2. The molecule has 1 aliphatic heterocycles. The van der Waals surface area contributed by atoms with Crippen LogP contribution < -0.4 is 5.73 Å². The maximum Gasteiger partial charge on any atom is 0.257 e. The molecule has 1 atom stereocenters. The van der Waals surface area contributed by atoms with Gasteiger partial charge in [0.25, 0.3) is 5.91 Å². The molecule has 8 heteroatoms. The fourth-order valence-electron chi connectivity index (χ4n) is 3.77. The van der Waals surface area contributed by atoms with E-state index < -0.39 is 0 Å². The minimum Gasteiger partial charge on any atom is -0.368 e. The lowest BCUT2D eigenvalue weighted by molar-refractivity contribution is -0.0248. The zero-order valence-corrected chi connectivity index (χ0v) is 18.3. The molecular weight excluding hydrogens is 414 g/mol. The van der Waals surface area contributed by atoms with Crippen LogP contribution in [-0.2, 0) is 11.2 Å². The van der Waals surface area contributed by atoms with Gasteiger partial charge in [-0.25, -0.2) is 9.97 Å². The zero-order chi connectivity index (χ0) is 22.0. The maximum atomic E-state index is 13.0. The summed E-state index contributed by atoms with van der Waals surface area (Å²) >= 11 is 6.33. The van der Waals surface area contributed by atoms with Crippen molar-refractivity contribution in [3.63, 3.8) is 0 Å². The number of hydrogen-bond acceptors (Lipinski definition) is 6. The number of nitrogens with two attached hydrogens (primary N) is 1. The molecule has 1 fully saturated rings. The highest BCUT2D eigenvalue weighted by Gasteiger charge is 2.28. The second-order valence-corrected chi connectivity index (χ2v) is 8.05. The first kappa shape index (κ1) is 21.2. The number of aromatic nitrogens is 3. The Hall–Kier alpha value is -3.03. The van der Waals surface area contributed by atoms with Gasteiger partial charge in [-0.15, -0.1) is 0 Å². The highest BCUT2D eigenvalue weighted by Crippen LogP contribution is 2.26. The third-order valence-electron chi connectivity index (χ3n) is 5.30. The number of anilines is 1. The van der Waals surface area contributed by atoms with E-state index in [1.54, 1.807) is 11.8 Å². The lowest BCUT2D eigenvalue weighted by Gasteiger charge is -2.33. The van der Waals surface area contributed by atoms with Crippen LogP contribution in [0.2, 0.25) is 5.02 Å². The number of rotatable bonds is 4. The molecule has 1 amide bonds. The average molecular weight is 438 g/mol. The topological polar surface area (TPSA) is 94.2 Å². The van der Waals surface area contributed by atoms with Gasteiger partial charge in [0.1, 0.15) is 6.10 Å². The second-order valence-electron chi connectivity index (χ2n) is 7.65. The van der Waals surface area contributed by atoms with Crippen molar-refractivity contribution in [2.75, 3.05) is 25.4 Å². The molecule has 0 aliphatic carbocycles. The number of halogens is 1. The predicted molar refractivity (Wildman–Crippen MR) is 119 cm³/mol. The molecule has 4 rings (SSSR count). The first-order valence-electron chi connectivity index (χ1n) is 10.1. The summed E-state index contributed by atoms with van der Waals surface area (Å²) in [5, 5.41) is 0.741. The Morgan fingerprint density at radius 2 is 2.06 bits per heavy atom. The van der Waals surface area contributed by atoms with Gasteiger partial charge in [0.15, 0.2) is 0 Å². The number of hydrogen-bond donors (Lipinski definition) is 1. The van der Waals surface area contributed by atoms with Crippen LogP contribution in [0.5, 0.6) is 0 Å². The molecule has 0 bridgehead atoms. The first-order valence-corrected chi connectivity index (χ1v) is 10.5. The fourth-order valence-corrected chi connectivity index (χ4v) is 3.98.